The van der Waals surface area contributed by atoms with E-state index in [0.717, 1.165) is 81.4 Å². The molecule has 4 amide bonds. The van der Waals surface area contributed by atoms with Gasteiger partial charge in [0.15, 0.2) is 11.4 Å². The molecule has 3 aromatic heterocycles. The molecule has 2 saturated carbocycles. The molecule has 2 aliphatic heterocycles. The Morgan fingerprint density at radius 1 is 1.05 bits per heavy atom. The number of piperidine rings is 1. The fraction of sp³-hybridized carbons (Fsp3) is 0.533. The Bertz CT molecular complexity index is 2250. The first-order chi connectivity index (χ1) is 30.0. The lowest BCUT2D eigenvalue weighted by atomic mass is 9.86. The molecule has 8 rings (SSSR count). The van der Waals surface area contributed by atoms with Crippen LogP contribution in [0.5, 0.6) is 0 Å². The molecular formula is C45H55F2N9O6. The van der Waals surface area contributed by atoms with E-state index in [1.165, 1.54) is 25.3 Å². The van der Waals surface area contributed by atoms with E-state index in [2.05, 4.69) is 43.0 Å². The number of hydrogen-bond acceptors (Lipinski definition) is 11. The number of benzene rings is 1. The minimum Gasteiger partial charge on any atom is -0.444 e. The first-order valence-corrected chi connectivity index (χ1v) is 21.9. The normalized spacial score (nSPS) is 21.5. The number of amides is 4. The number of alkyl halides is 2. The summed E-state index contributed by atoms with van der Waals surface area (Å²) in [4.78, 5) is 63.3. The molecule has 2 atom stereocenters. The average Bonchev–Trinajstić information content (AvgIpc) is 3.66. The van der Waals surface area contributed by atoms with Crippen LogP contribution in [0.3, 0.4) is 0 Å². The van der Waals surface area contributed by atoms with Gasteiger partial charge in [0.2, 0.25) is 23.6 Å². The zero-order valence-corrected chi connectivity index (χ0v) is 35.3. The number of aryl methyl sites for hydroxylation is 1. The Morgan fingerprint density at radius 2 is 1.84 bits per heavy atom. The van der Waals surface area contributed by atoms with Gasteiger partial charge in [0.1, 0.15) is 18.1 Å². The predicted octanol–water partition coefficient (Wildman–Crippen LogP) is 6.90. The zero-order valence-electron chi connectivity index (χ0n) is 35.3. The first kappa shape index (κ1) is 43.1. The number of fused-ring (bicyclic) bond motifs is 1. The summed E-state index contributed by atoms with van der Waals surface area (Å²) < 4.78 is 41.4. The van der Waals surface area contributed by atoms with Crippen LogP contribution in [0.2, 0.25) is 0 Å². The highest BCUT2D eigenvalue weighted by Gasteiger charge is 2.43. The number of nitrogens with one attached hydrogen (secondary N) is 3. The molecule has 1 aromatic carbocycles. The predicted molar refractivity (Wildman–Crippen MR) is 227 cm³/mol. The van der Waals surface area contributed by atoms with E-state index in [1.54, 1.807) is 27.9 Å². The molecule has 2 unspecified atom stereocenters. The number of hydrogen-bond donors (Lipinski definition) is 3. The number of ether oxygens (including phenoxy) is 1. The van der Waals surface area contributed by atoms with Gasteiger partial charge in [-0.15, -0.1) is 0 Å². The minimum atomic E-state index is -2.87. The molecule has 3 fully saturated rings. The maximum atomic E-state index is 14.1. The van der Waals surface area contributed by atoms with Crippen molar-refractivity contribution in [3.05, 3.63) is 71.5 Å². The van der Waals surface area contributed by atoms with E-state index >= 15 is 0 Å². The van der Waals surface area contributed by atoms with Crippen LogP contribution in [-0.2, 0) is 25.5 Å². The molecule has 0 spiro atoms. The summed E-state index contributed by atoms with van der Waals surface area (Å²) in [5.74, 6) is 0.202. The molecule has 3 N–H and O–H groups in total. The first-order valence-electron chi connectivity index (χ1n) is 21.9. The van der Waals surface area contributed by atoms with Gasteiger partial charge >= 0.3 is 0 Å². The van der Waals surface area contributed by atoms with Crippen molar-refractivity contribution in [3.63, 3.8) is 0 Å². The van der Waals surface area contributed by atoms with Crippen LogP contribution in [0.4, 0.5) is 26.0 Å². The number of oxazole rings is 1. The lowest BCUT2D eigenvalue weighted by Crippen LogP contribution is -2.53. The Morgan fingerprint density at radius 3 is 2.61 bits per heavy atom. The Hall–Kier alpha value is -5.55. The summed E-state index contributed by atoms with van der Waals surface area (Å²) in [6.07, 6.45) is 10.3. The quantitative estimate of drug-likeness (QED) is 0.0661. The van der Waals surface area contributed by atoms with Gasteiger partial charge in [-0.05, 0) is 119 Å². The number of pyridine rings is 1. The van der Waals surface area contributed by atoms with Gasteiger partial charge in [-0.25, -0.2) is 18.7 Å². The molecule has 15 nitrogen and oxygen atoms in total. The SMILES string of the molecule is CC1C(=O)N(C2CCC(=O)NC2=O)c2cccc(CCCOCCCN(C)CC3CCC(n4cc(NC(=O)c5coc(-c6ccnc(NCC7CC7)c6)n5)c(C(F)F)n4)CC3)c21. The number of aromatic nitrogens is 4. The van der Waals surface area contributed by atoms with E-state index in [1.807, 2.05) is 25.1 Å². The number of carbonyl (C=O) groups excluding carboxylic acids is 4. The summed E-state index contributed by atoms with van der Waals surface area (Å²) in [6, 6.07) is 8.65. The highest BCUT2D eigenvalue weighted by atomic mass is 19.3. The number of anilines is 3. The second-order valence-corrected chi connectivity index (χ2v) is 17.2. The molecule has 5 heterocycles. The van der Waals surface area contributed by atoms with E-state index in [4.69, 9.17) is 9.15 Å². The second kappa shape index (κ2) is 19.2. The number of halogens is 2. The van der Waals surface area contributed by atoms with Gasteiger partial charge in [-0.2, -0.15) is 5.10 Å². The van der Waals surface area contributed by atoms with Crippen LogP contribution in [0.15, 0.2) is 53.4 Å². The van der Waals surface area contributed by atoms with Gasteiger partial charge < -0.3 is 24.7 Å². The van der Waals surface area contributed by atoms with Gasteiger partial charge in [-0.3, -0.25) is 34.1 Å². The minimum absolute atomic E-state index is 0.0311. The summed E-state index contributed by atoms with van der Waals surface area (Å²) >= 11 is 0. The molecular weight excluding hydrogens is 801 g/mol. The van der Waals surface area contributed by atoms with Gasteiger partial charge in [0, 0.05) is 62.9 Å². The Balaban J connectivity index is 0.744. The summed E-state index contributed by atoms with van der Waals surface area (Å²) in [5, 5.41) is 12.5. The molecule has 330 valence electrons. The number of carbonyl (C=O) groups is 4. The third-order valence-corrected chi connectivity index (χ3v) is 12.5. The molecule has 62 heavy (non-hydrogen) atoms. The van der Waals surface area contributed by atoms with Crippen molar-refractivity contribution in [1.82, 2.24) is 30.0 Å². The number of rotatable bonds is 19. The van der Waals surface area contributed by atoms with Crippen LogP contribution in [0, 0.1) is 11.8 Å². The smallest absolute Gasteiger partial charge is 0.284 e. The maximum absolute atomic E-state index is 14.1. The fourth-order valence-corrected chi connectivity index (χ4v) is 9.03. The highest BCUT2D eigenvalue weighted by Crippen LogP contribution is 2.42. The zero-order chi connectivity index (χ0) is 43.3. The molecule has 1 saturated heterocycles. The Kier molecular flexibility index (Phi) is 13.4. The average molecular weight is 856 g/mol. The summed E-state index contributed by atoms with van der Waals surface area (Å²) in [7, 11) is 2.11. The summed E-state index contributed by atoms with van der Waals surface area (Å²) in [6.45, 7) is 5.76. The third kappa shape index (κ3) is 10.0. The standard InChI is InChI=1S/C45H55F2N9O6/c1-27-39-30(6-3-8-35(39)56(45(27)60)36-15-16-38(57)52-43(36)59)7-4-20-61-21-5-19-54(2)24-29-11-13-32(14-12-29)55-25-33(40(53-55)41(46)47)50-42(58)34-26-62-44(51-34)31-17-18-48-37(22-31)49-23-28-9-10-28/h3,6,8,17-18,22,25-29,32,36,41H,4-5,7,9-16,19-21,23-24H2,1-2H3,(H,48,49)(H,50,58)(H,52,57,59). The van der Waals surface area contributed by atoms with Crippen LogP contribution < -0.4 is 20.9 Å². The topological polar surface area (TPSA) is 177 Å². The van der Waals surface area contributed by atoms with Crippen molar-refractivity contribution < 1.29 is 37.1 Å². The molecule has 0 bridgehead atoms. The maximum Gasteiger partial charge on any atom is 0.284 e. The molecule has 17 heteroatoms. The van der Waals surface area contributed by atoms with Crippen LogP contribution in [-0.4, -0.2) is 94.2 Å². The molecule has 0 radical (unpaired) electrons. The largest absolute Gasteiger partial charge is 0.444 e. The lowest BCUT2D eigenvalue weighted by Gasteiger charge is -2.31. The van der Waals surface area contributed by atoms with Crippen molar-refractivity contribution in [3.8, 4) is 11.5 Å². The van der Waals surface area contributed by atoms with Crippen molar-refractivity contribution >= 4 is 40.8 Å². The van der Waals surface area contributed by atoms with E-state index in [9.17, 15) is 28.0 Å². The number of nitrogens with zero attached hydrogens (tertiary/aromatic N) is 6. The summed E-state index contributed by atoms with van der Waals surface area (Å²) in [5.41, 5.74) is 2.90. The van der Waals surface area contributed by atoms with Crippen molar-refractivity contribution in [2.75, 3.05) is 55.4 Å². The van der Waals surface area contributed by atoms with Gasteiger partial charge in [0.05, 0.1) is 17.6 Å². The lowest BCUT2D eigenvalue weighted by molar-refractivity contribution is -0.135. The fourth-order valence-electron chi connectivity index (χ4n) is 9.03. The van der Waals surface area contributed by atoms with E-state index in [-0.39, 0.29) is 47.5 Å². The highest BCUT2D eigenvalue weighted by molar-refractivity contribution is 6.12. The van der Waals surface area contributed by atoms with Gasteiger partial charge in [-0.1, -0.05) is 12.1 Å². The van der Waals surface area contributed by atoms with Crippen molar-refractivity contribution in [2.45, 2.75) is 102 Å². The molecule has 4 aliphatic rings. The van der Waals surface area contributed by atoms with Crippen molar-refractivity contribution in [1.29, 1.82) is 0 Å². The van der Waals surface area contributed by atoms with Crippen molar-refractivity contribution in [2.24, 2.45) is 11.8 Å². The van der Waals surface area contributed by atoms with Gasteiger partial charge in [0.25, 0.3) is 12.3 Å². The van der Waals surface area contributed by atoms with Crippen LogP contribution in [0.25, 0.3) is 11.5 Å². The monoisotopic (exact) mass is 855 g/mol. The van der Waals surface area contributed by atoms with E-state index in [0.29, 0.717) is 42.9 Å². The number of imide groups is 1. The second-order valence-electron chi connectivity index (χ2n) is 17.2. The van der Waals surface area contributed by atoms with E-state index < -0.39 is 30.0 Å². The van der Waals surface area contributed by atoms with Crippen LogP contribution >= 0.6 is 0 Å². The molecule has 4 aromatic rings. The Labute approximate surface area is 359 Å². The van der Waals surface area contributed by atoms with Crippen LogP contribution in [0.1, 0.15) is 117 Å². The third-order valence-electron chi connectivity index (χ3n) is 12.5. The molecule has 2 aliphatic carbocycles.